The first-order valence-corrected chi connectivity index (χ1v) is 7.49. The summed E-state index contributed by atoms with van der Waals surface area (Å²) in [6.45, 7) is 12.4. The van der Waals surface area contributed by atoms with E-state index in [1.165, 1.54) is 0 Å². The quantitative estimate of drug-likeness (QED) is 0.782. The van der Waals surface area contributed by atoms with Crippen molar-refractivity contribution in [2.45, 2.75) is 59.2 Å². The van der Waals surface area contributed by atoms with Crippen LogP contribution in [-0.2, 0) is 11.3 Å². The molecule has 0 atom stereocenters. The van der Waals surface area contributed by atoms with Gasteiger partial charge in [-0.3, -0.25) is 0 Å². The topological polar surface area (TPSA) is 70.6 Å². The molecule has 5 nitrogen and oxygen atoms in total. The summed E-state index contributed by atoms with van der Waals surface area (Å²) < 4.78 is 5.26. The molecule has 0 aliphatic carbocycles. The molecule has 0 aliphatic rings. The van der Waals surface area contributed by atoms with Gasteiger partial charge in [0, 0.05) is 18.7 Å². The van der Waals surface area contributed by atoms with E-state index in [1.54, 1.807) is 6.07 Å². The first-order chi connectivity index (χ1) is 9.98. The fourth-order valence-corrected chi connectivity index (χ4v) is 1.99. The van der Waals surface area contributed by atoms with Gasteiger partial charge >= 0.3 is 6.09 Å². The number of hydrogen-bond acceptors (Lipinski definition) is 4. The minimum atomic E-state index is -0.513. The van der Waals surface area contributed by atoms with Crippen molar-refractivity contribution in [1.82, 2.24) is 10.6 Å². The van der Waals surface area contributed by atoms with Gasteiger partial charge in [0.25, 0.3) is 0 Å². The first kappa shape index (κ1) is 18.3. The largest absolute Gasteiger partial charge is 0.508 e. The van der Waals surface area contributed by atoms with Crippen LogP contribution in [0.15, 0.2) is 18.2 Å². The van der Waals surface area contributed by atoms with Crippen LogP contribution >= 0.6 is 0 Å². The Labute approximate surface area is 133 Å². The second-order valence-electron chi connectivity index (χ2n) is 7.25. The van der Waals surface area contributed by atoms with Gasteiger partial charge in [-0.15, -0.1) is 0 Å². The average Bonchev–Trinajstić information content (AvgIpc) is 2.30. The number of phenols is 1. The predicted octanol–water partition coefficient (Wildman–Crippen LogP) is 3.09. The number of rotatable bonds is 5. The number of alkyl carbamates (subject to hydrolysis) is 1. The zero-order chi connectivity index (χ0) is 17.0. The van der Waals surface area contributed by atoms with Crippen LogP contribution in [-0.4, -0.2) is 28.9 Å². The van der Waals surface area contributed by atoms with Gasteiger partial charge in [0.15, 0.2) is 0 Å². The number of carbonyl (C=O) groups is 1. The molecule has 1 aromatic carbocycles. The van der Waals surface area contributed by atoms with Crippen LogP contribution in [0.3, 0.4) is 0 Å². The molecule has 0 unspecified atom stereocenters. The van der Waals surface area contributed by atoms with Gasteiger partial charge in [-0.05, 0) is 47.6 Å². The average molecular weight is 308 g/mol. The highest BCUT2D eigenvalue weighted by Crippen LogP contribution is 2.18. The lowest BCUT2D eigenvalue weighted by Gasteiger charge is -2.29. The highest BCUT2D eigenvalue weighted by molar-refractivity contribution is 5.68. The van der Waals surface area contributed by atoms with Crippen LogP contribution in [0.5, 0.6) is 5.75 Å². The summed E-state index contributed by atoms with van der Waals surface area (Å²) in [6, 6.07) is 5.50. The molecule has 0 aliphatic heterocycles. The summed E-state index contributed by atoms with van der Waals surface area (Å²) in [5, 5.41) is 15.9. The molecule has 124 valence electrons. The molecule has 3 N–H and O–H groups in total. The molecule has 5 heteroatoms. The SMILES string of the molecule is Cc1ccc(O)c(CNCC(C)(C)NC(=O)OC(C)(C)C)c1. The van der Waals surface area contributed by atoms with Gasteiger partial charge in [-0.1, -0.05) is 17.7 Å². The lowest BCUT2D eigenvalue weighted by molar-refractivity contribution is 0.0472. The number of phenolic OH excluding ortho intramolecular Hbond substituents is 1. The highest BCUT2D eigenvalue weighted by atomic mass is 16.6. The third kappa shape index (κ3) is 6.80. The Hall–Kier alpha value is -1.75. The summed E-state index contributed by atoms with van der Waals surface area (Å²) in [5.41, 5.74) is 0.969. The third-order valence-electron chi connectivity index (χ3n) is 2.96. The standard InChI is InChI=1S/C17H28N2O3/c1-12-7-8-14(20)13(9-12)10-18-11-17(5,6)19-15(21)22-16(2,3)4/h7-9,18,20H,10-11H2,1-6H3,(H,19,21). The zero-order valence-corrected chi connectivity index (χ0v) is 14.4. The zero-order valence-electron chi connectivity index (χ0n) is 14.4. The summed E-state index contributed by atoms with van der Waals surface area (Å²) in [7, 11) is 0. The van der Waals surface area contributed by atoms with E-state index in [-0.39, 0.29) is 5.75 Å². The maximum absolute atomic E-state index is 11.8. The number of benzene rings is 1. The normalized spacial score (nSPS) is 12.1. The van der Waals surface area contributed by atoms with E-state index in [0.717, 1.165) is 11.1 Å². The third-order valence-corrected chi connectivity index (χ3v) is 2.96. The van der Waals surface area contributed by atoms with Crippen molar-refractivity contribution in [3.05, 3.63) is 29.3 Å². The fraction of sp³-hybridized carbons (Fsp3) is 0.588. The van der Waals surface area contributed by atoms with Crippen LogP contribution in [0.25, 0.3) is 0 Å². The summed E-state index contributed by atoms with van der Waals surface area (Å²) in [4.78, 5) is 11.8. The Bertz CT molecular complexity index is 519. The molecule has 0 aromatic heterocycles. The number of ether oxygens (including phenoxy) is 1. The minimum Gasteiger partial charge on any atom is -0.508 e. The van der Waals surface area contributed by atoms with E-state index in [1.807, 2.05) is 53.7 Å². The van der Waals surface area contributed by atoms with E-state index in [9.17, 15) is 9.90 Å². The number of amides is 1. The Balaban J connectivity index is 2.48. The molecule has 1 aromatic rings. The lowest BCUT2D eigenvalue weighted by atomic mass is 10.1. The van der Waals surface area contributed by atoms with Gasteiger partial charge in [0.2, 0.25) is 0 Å². The molecule has 0 fully saturated rings. The molecule has 1 rings (SSSR count). The van der Waals surface area contributed by atoms with Crippen molar-refractivity contribution in [1.29, 1.82) is 0 Å². The lowest BCUT2D eigenvalue weighted by Crippen LogP contribution is -2.51. The number of aryl methyl sites for hydroxylation is 1. The molecule has 22 heavy (non-hydrogen) atoms. The van der Waals surface area contributed by atoms with Crippen molar-refractivity contribution in [2.24, 2.45) is 0 Å². The van der Waals surface area contributed by atoms with Crippen LogP contribution in [0.4, 0.5) is 4.79 Å². The monoisotopic (exact) mass is 308 g/mol. The molecular weight excluding hydrogens is 280 g/mol. The van der Waals surface area contributed by atoms with Gasteiger partial charge in [0.05, 0.1) is 5.54 Å². The van der Waals surface area contributed by atoms with E-state index in [4.69, 9.17) is 4.74 Å². The number of aromatic hydroxyl groups is 1. The Kier molecular flexibility index (Phi) is 5.83. The fourth-order valence-electron chi connectivity index (χ4n) is 1.99. The molecule has 0 saturated heterocycles. The highest BCUT2D eigenvalue weighted by Gasteiger charge is 2.24. The molecular formula is C17H28N2O3. The minimum absolute atomic E-state index is 0.274. The number of nitrogens with one attached hydrogen (secondary N) is 2. The molecule has 0 bridgehead atoms. The summed E-state index contributed by atoms with van der Waals surface area (Å²) in [6.07, 6.45) is -0.433. The second kappa shape index (κ2) is 7.01. The molecule has 1 amide bonds. The van der Waals surface area contributed by atoms with Crippen molar-refractivity contribution in [3.8, 4) is 5.75 Å². The Morgan fingerprint density at radius 2 is 1.86 bits per heavy atom. The second-order valence-corrected chi connectivity index (χ2v) is 7.25. The maximum Gasteiger partial charge on any atom is 0.408 e. The molecule has 0 spiro atoms. The molecule has 0 heterocycles. The van der Waals surface area contributed by atoms with Crippen LogP contribution < -0.4 is 10.6 Å². The van der Waals surface area contributed by atoms with Crippen molar-refractivity contribution < 1.29 is 14.6 Å². The molecule has 0 saturated carbocycles. The predicted molar refractivity (Wildman–Crippen MR) is 88.0 cm³/mol. The van der Waals surface area contributed by atoms with Crippen LogP contribution in [0, 0.1) is 6.92 Å². The van der Waals surface area contributed by atoms with Gasteiger partial charge in [0.1, 0.15) is 11.4 Å². The van der Waals surface area contributed by atoms with Gasteiger partial charge < -0.3 is 20.5 Å². The maximum atomic E-state index is 11.8. The Morgan fingerprint density at radius 3 is 2.45 bits per heavy atom. The van der Waals surface area contributed by atoms with Gasteiger partial charge in [-0.25, -0.2) is 4.79 Å². The Morgan fingerprint density at radius 1 is 1.23 bits per heavy atom. The first-order valence-electron chi connectivity index (χ1n) is 7.49. The van der Waals surface area contributed by atoms with Crippen molar-refractivity contribution in [3.63, 3.8) is 0 Å². The van der Waals surface area contributed by atoms with E-state index in [0.29, 0.717) is 13.1 Å². The summed E-state index contributed by atoms with van der Waals surface area (Å²) in [5.74, 6) is 0.274. The number of carbonyl (C=O) groups excluding carboxylic acids is 1. The van der Waals surface area contributed by atoms with Crippen LogP contribution in [0.1, 0.15) is 45.7 Å². The van der Waals surface area contributed by atoms with E-state index >= 15 is 0 Å². The van der Waals surface area contributed by atoms with Crippen molar-refractivity contribution in [2.75, 3.05) is 6.54 Å². The van der Waals surface area contributed by atoms with Gasteiger partial charge in [-0.2, -0.15) is 0 Å². The van der Waals surface area contributed by atoms with Crippen LogP contribution in [0.2, 0.25) is 0 Å². The van der Waals surface area contributed by atoms with E-state index < -0.39 is 17.2 Å². The van der Waals surface area contributed by atoms with E-state index in [2.05, 4.69) is 10.6 Å². The van der Waals surface area contributed by atoms with Crippen molar-refractivity contribution >= 4 is 6.09 Å². The number of hydrogen-bond donors (Lipinski definition) is 3. The smallest absolute Gasteiger partial charge is 0.408 e. The summed E-state index contributed by atoms with van der Waals surface area (Å²) >= 11 is 0. The molecule has 0 radical (unpaired) electrons.